The van der Waals surface area contributed by atoms with Crippen molar-refractivity contribution in [2.75, 3.05) is 13.1 Å². The van der Waals surface area contributed by atoms with E-state index in [1.54, 1.807) is 30.0 Å². The summed E-state index contributed by atoms with van der Waals surface area (Å²) < 4.78 is 12.9. The quantitative estimate of drug-likeness (QED) is 0.946. The molecular formula is C18H19FN2O2. The second kappa shape index (κ2) is 6.36. The van der Waals surface area contributed by atoms with Gasteiger partial charge in [0.2, 0.25) is 5.56 Å². The normalized spacial score (nSPS) is 17.5. The zero-order valence-corrected chi connectivity index (χ0v) is 13.0. The SMILES string of the molecule is Cc1cc(C(=O)N2CCC(Cc3ccc(F)cc3)C2)cc(=O)[nH]1. The van der Waals surface area contributed by atoms with Crippen molar-refractivity contribution in [3.05, 3.63) is 69.4 Å². The number of hydrogen-bond donors (Lipinski definition) is 1. The third-order valence-electron chi connectivity index (χ3n) is 4.24. The number of aromatic nitrogens is 1. The van der Waals surface area contributed by atoms with Crippen LogP contribution in [0.1, 0.15) is 28.0 Å². The van der Waals surface area contributed by atoms with Crippen LogP contribution in [0.2, 0.25) is 0 Å². The molecule has 1 atom stereocenters. The number of likely N-dealkylation sites (tertiary alicyclic amines) is 1. The van der Waals surface area contributed by atoms with Crippen LogP contribution in [0.3, 0.4) is 0 Å². The largest absolute Gasteiger partial charge is 0.338 e. The maximum absolute atomic E-state index is 12.9. The van der Waals surface area contributed by atoms with Crippen molar-refractivity contribution in [2.45, 2.75) is 19.8 Å². The first-order valence-electron chi connectivity index (χ1n) is 7.76. The topological polar surface area (TPSA) is 53.2 Å². The van der Waals surface area contributed by atoms with Crippen molar-refractivity contribution in [2.24, 2.45) is 5.92 Å². The lowest BCUT2D eigenvalue weighted by molar-refractivity contribution is 0.0786. The molecule has 1 saturated heterocycles. The van der Waals surface area contributed by atoms with Gasteiger partial charge in [0.1, 0.15) is 5.82 Å². The van der Waals surface area contributed by atoms with Gasteiger partial charge < -0.3 is 9.88 Å². The summed E-state index contributed by atoms with van der Waals surface area (Å²) in [4.78, 5) is 28.5. The van der Waals surface area contributed by atoms with Crippen LogP contribution in [0, 0.1) is 18.7 Å². The number of carbonyl (C=O) groups is 1. The highest BCUT2D eigenvalue weighted by molar-refractivity contribution is 5.94. The molecular weight excluding hydrogens is 295 g/mol. The van der Waals surface area contributed by atoms with Crippen LogP contribution in [0.4, 0.5) is 4.39 Å². The molecule has 0 aliphatic carbocycles. The predicted molar refractivity (Wildman–Crippen MR) is 85.9 cm³/mol. The molecule has 1 aliphatic rings. The monoisotopic (exact) mass is 314 g/mol. The highest BCUT2D eigenvalue weighted by Gasteiger charge is 2.27. The summed E-state index contributed by atoms with van der Waals surface area (Å²) in [6.07, 6.45) is 1.75. The number of pyridine rings is 1. The van der Waals surface area contributed by atoms with Gasteiger partial charge in [-0.15, -0.1) is 0 Å². The number of benzene rings is 1. The van der Waals surface area contributed by atoms with E-state index in [-0.39, 0.29) is 17.3 Å². The molecule has 120 valence electrons. The molecule has 1 N–H and O–H groups in total. The first kappa shape index (κ1) is 15.5. The fourth-order valence-corrected chi connectivity index (χ4v) is 3.13. The second-order valence-electron chi connectivity index (χ2n) is 6.15. The van der Waals surface area contributed by atoms with Crippen LogP contribution in [0.25, 0.3) is 0 Å². The Kier molecular flexibility index (Phi) is 4.28. The van der Waals surface area contributed by atoms with Crippen molar-refractivity contribution < 1.29 is 9.18 Å². The average molecular weight is 314 g/mol. The fraction of sp³-hybridized carbons (Fsp3) is 0.333. The number of aromatic amines is 1. The summed E-state index contributed by atoms with van der Waals surface area (Å²) >= 11 is 0. The number of aryl methyl sites for hydroxylation is 1. The average Bonchev–Trinajstić information content (AvgIpc) is 2.96. The molecule has 2 heterocycles. The molecule has 1 aromatic carbocycles. The Hall–Kier alpha value is -2.43. The molecule has 1 aliphatic heterocycles. The fourth-order valence-electron chi connectivity index (χ4n) is 3.13. The first-order valence-corrected chi connectivity index (χ1v) is 7.76. The van der Waals surface area contributed by atoms with Gasteiger partial charge in [0.25, 0.3) is 5.91 Å². The van der Waals surface area contributed by atoms with Crippen LogP contribution in [0.5, 0.6) is 0 Å². The standard InChI is InChI=1S/C18H19FN2O2/c1-12-8-15(10-17(22)20-12)18(23)21-7-6-14(11-21)9-13-2-4-16(19)5-3-13/h2-5,8,10,14H,6-7,9,11H2,1H3,(H,20,22). The summed E-state index contributed by atoms with van der Waals surface area (Å²) in [6.45, 7) is 3.12. The maximum Gasteiger partial charge on any atom is 0.254 e. The van der Waals surface area contributed by atoms with E-state index in [4.69, 9.17) is 0 Å². The second-order valence-corrected chi connectivity index (χ2v) is 6.15. The Morgan fingerprint density at radius 1 is 1.30 bits per heavy atom. The van der Waals surface area contributed by atoms with E-state index in [1.165, 1.54) is 18.2 Å². The number of halogens is 1. The molecule has 5 heteroatoms. The highest BCUT2D eigenvalue weighted by atomic mass is 19.1. The van der Waals surface area contributed by atoms with E-state index in [0.29, 0.717) is 30.3 Å². The zero-order valence-electron chi connectivity index (χ0n) is 13.0. The van der Waals surface area contributed by atoms with E-state index in [9.17, 15) is 14.0 Å². The van der Waals surface area contributed by atoms with Gasteiger partial charge >= 0.3 is 0 Å². The van der Waals surface area contributed by atoms with Gasteiger partial charge in [-0.3, -0.25) is 9.59 Å². The molecule has 1 amide bonds. The summed E-state index contributed by atoms with van der Waals surface area (Å²) in [7, 11) is 0. The molecule has 0 spiro atoms. The van der Waals surface area contributed by atoms with Gasteiger partial charge in [-0.25, -0.2) is 4.39 Å². The molecule has 2 aromatic rings. The Labute approximate surface area is 134 Å². The molecule has 1 aromatic heterocycles. The van der Waals surface area contributed by atoms with E-state index in [0.717, 1.165) is 18.4 Å². The van der Waals surface area contributed by atoms with Crippen molar-refractivity contribution in [3.63, 3.8) is 0 Å². The summed E-state index contributed by atoms with van der Waals surface area (Å²) in [5, 5.41) is 0. The van der Waals surface area contributed by atoms with Gasteiger partial charge in [0, 0.05) is 30.4 Å². The van der Waals surface area contributed by atoms with Gasteiger partial charge in [0.05, 0.1) is 0 Å². The lowest BCUT2D eigenvalue weighted by Gasteiger charge is -2.17. The number of amides is 1. The summed E-state index contributed by atoms with van der Waals surface area (Å²) in [6, 6.07) is 9.57. The number of rotatable bonds is 3. The molecule has 1 unspecified atom stereocenters. The van der Waals surface area contributed by atoms with Crippen LogP contribution in [0.15, 0.2) is 41.2 Å². The molecule has 1 fully saturated rings. The van der Waals surface area contributed by atoms with Gasteiger partial charge in [-0.2, -0.15) is 0 Å². The Morgan fingerprint density at radius 2 is 2.04 bits per heavy atom. The van der Waals surface area contributed by atoms with Crippen LogP contribution < -0.4 is 5.56 Å². The lowest BCUT2D eigenvalue weighted by Crippen LogP contribution is -2.30. The predicted octanol–water partition coefficient (Wildman–Crippen LogP) is 2.53. The molecule has 0 bridgehead atoms. The van der Waals surface area contributed by atoms with E-state index in [1.807, 2.05) is 0 Å². The van der Waals surface area contributed by atoms with Crippen molar-refractivity contribution in [1.29, 1.82) is 0 Å². The summed E-state index contributed by atoms with van der Waals surface area (Å²) in [5.74, 6) is 0.0370. The lowest BCUT2D eigenvalue weighted by atomic mass is 9.99. The minimum atomic E-state index is -0.254. The van der Waals surface area contributed by atoms with Gasteiger partial charge in [-0.1, -0.05) is 12.1 Å². The zero-order chi connectivity index (χ0) is 16.4. The van der Waals surface area contributed by atoms with Gasteiger partial charge in [-0.05, 0) is 49.4 Å². The number of hydrogen-bond acceptors (Lipinski definition) is 2. The first-order chi connectivity index (χ1) is 11.0. The Balaban J connectivity index is 1.66. The number of nitrogens with one attached hydrogen (secondary N) is 1. The maximum atomic E-state index is 12.9. The van der Waals surface area contributed by atoms with Gasteiger partial charge in [0.15, 0.2) is 0 Å². The molecule has 4 nitrogen and oxygen atoms in total. The minimum absolute atomic E-state index is 0.0965. The molecule has 0 saturated carbocycles. The number of nitrogens with zero attached hydrogens (tertiary/aromatic N) is 1. The van der Waals surface area contributed by atoms with Crippen LogP contribution in [-0.2, 0) is 6.42 Å². The van der Waals surface area contributed by atoms with E-state index >= 15 is 0 Å². The number of H-pyrrole nitrogens is 1. The molecule has 23 heavy (non-hydrogen) atoms. The van der Waals surface area contributed by atoms with Crippen molar-refractivity contribution in [1.82, 2.24) is 9.88 Å². The number of carbonyl (C=O) groups excluding carboxylic acids is 1. The highest BCUT2D eigenvalue weighted by Crippen LogP contribution is 2.22. The third kappa shape index (κ3) is 3.67. The van der Waals surface area contributed by atoms with Crippen LogP contribution in [-0.4, -0.2) is 28.9 Å². The Bertz CT molecular complexity index is 767. The molecule has 0 radical (unpaired) electrons. The smallest absolute Gasteiger partial charge is 0.254 e. The molecule has 3 rings (SSSR count). The van der Waals surface area contributed by atoms with E-state index < -0.39 is 0 Å². The minimum Gasteiger partial charge on any atom is -0.338 e. The summed E-state index contributed by atoms with van der Waals surface area (Å²) in [5.41, 5.74) is 1.95. The van der Waals surface area contributed by atoms with E-state index in [2.05, 4.69) is 4.98 Å². The van der Waals surface area contributed by atoms with Crippen LogP contribution >= 0.6 is 0 Å². The van der Waals surface area contributed by atoms with Crippen molar-refractivity contribution in [3.8, 4) is 0 Å². The Morgan fingerprint density at radius 3 is 2.74 bits per heavy atom. The third-order valence-corrected chi connectivity index (χ3v) is 4.24. The van der Waals surface area contributed by atoms with Crippen molar-refractivity contribution >= 4 is 5.91 Å².